The Bertz CT molecular complexity index is 833. The molecule has 1 heterocycles. The number of halogens is 1. The van der Waals surface area contributed by atoms with Gasteiger partial charge in [0.05, 0.1) is 12.2 Å². The lowest BCUT2D eigenvalue weighted by molar-refractivity contribution is 0.251. The van der Waals surface area contributed by atoms with E-state index in [0.29, 0.717) is 18.0 Å². The van der Waals surface area contributed by atoms with Gasteiger partial charge in [-0.25, -0.2) is 17.6 Å². The highest BCUT2D eigenvalue weighted by atomic mass is 32.2. The lowest BCUT2D eigenvalue weighted by atomic mass is 10.3. The minimum Gasteiger partial charge on any atom is -0.333 e. The van der Waals surface area contributed by atoms with Crippen molar-refractivity contribution in [3.63, 3.8) is 0 Å². The molecule has 0 saturated carbocycles. The lowest BCUT2D eigenvalue weighted by Gasteiger charge is -2.16. The molecule has 0 fully saturated rings. The predicted octanol–water partition coefficient (Wildman–Crippen LogP) is 3.24. The average Bonchev–Trinajstić information content (AvgIpc) is 3.06. The molecule has 1 aromatic heterocycles. The molecule has 2 aromatic rings. The van der Waals surface area contributed by atoms with E-state index in [1.54, 1.807) is 26.0 Å². The van der Waals surface area contributed by atoms with Crippen molar-refractivity contribution < 1.29 is 17.6 Å². The van der Waals surface area contributed by atoms with E-state index in [0.717, 1.165) is 11.3 Å². The minimum absolute atomic E-state index is 0.0796. The largest absolute Gasteiger partial charge is 0.333 e. The fourth-order valence-corrected chi connectivity index (χ4v) is 5.09. The van der Waals surface area contributed by atoms with E-state index >= 15 is 0 Å². The molecular formula is C16H20FN3O3S2. The van der Waals surface area contributed by atoms with E-state index in [4.69, 9.17) is 0 Å². The molecule has 1 aromatic carbocycles. The van der Waals surface area contributed by atoms with Gasteiger partial charge in [0.25, 0.3) is 10.0 Å². The zero-order valence-electron chi connectivity index (χ0n) is 14.0. The molecule has 0 atom stereocenters. The molecule has 2 N–H and O–H groups in total. The monoisotopic (exact) mass is 385 g/mol. The van der Waals surface area contributed by atoms with E-state index in [2.05, 4.69) is 10.6 Å². The fraction of sp³-hybridized carbons (Fsp3) is 0.312. The summed E-state index contributed by atoms with van der Waals surface area (Å²) in [5.74, 6) is -0.527. The summed E-state index contributed by atoms with van der Waals surface area (Å²) in [4.78, 5) is 12.5. The summed E-state index contributed by atoms with van der Waals surface area (Å²) in [6.45, 7) is 4.51. The number of carbonyl (C=O) groups is 1. The summed E-state index contributed by atoms with van der Waals surface area (Å²) in [5.41, 5.74) is 0.0796. The topological polar surface area (TPSA) is 78.5 Å². The van der Waals surface area contributed by atoms with Gasteiger partial charge in [-0.05, 0) is 24.3 Å². The third-order valence-electron chi connectivity index (χ3n) is 3.48. The standard InChI is InChI=1S/C16H20FN3O3S2/c1-3-20(4-2)25(22,23)15-10-9-12(24-15)11-18-16(21)19-14-8-6-5-7-13(14)17/h5-10H,3-4,11H2,1-2H3,(H2,18,19,21). The highest BCUT2D eigenvalue weighted by Gasteiger charge is 2.23. The Labute approximate surface area is 150 Å². The van der Waals surface area contributed by atoms with Gasteiger partial charge in [-0.3, -0.25) is 0 Å². The van der Waals surface area contributed by atoms with E-state index < -0.39 is 21.9 Å². The van der Waals surface area contributed by atoms with Crippen LogP contribution in [0.1, 0.15) is 18.7 Å². The maximum atomic E-state index is 13.5. The number of hydrogen-bond donors (Lipinski definition) is 2. The maximum Gasteiger partial charge on any atom is 0.319 e. The van der Waals surface area contributed by atoms with Crippen molar-refractivity contribution >= 4 is 33.1 Å². The van der Waals surface area contributed by atoms with Crippen LogP contribution in [0, 0.1) is 5.82 Å². The third-order valence-corrected chi connectivity index (χ3v) is 7.08. The van der Waals surface area contributed by atoms with Gasteiger partial charge in [0, 0.05) is 18.0 Å². The summed E-state index contributed by atoms with van der Waals surface area (Å²) in [7, 11) is -3.50. The normalized spacial score (nSPS) is 11.5. The van der Waals surface area contributed by atoms with Crippen LogP contribution in [-0.4, -0.2) is 31.8 Å². The second kappa shape index (κ2) is 8.41. The number of anilines is 1. The zero-order valence-corrected chi connectivity index (χ0v) is 15.6. The average molecular weight is 385 g/mol. The van der Waals surface area contributed by atoms with Gasteiger partial charge in [-0.1, -0.05) is 26.0 Å². The van der Waals surface area contributed by atoms with Gasteiger partial charge in [0.15, 0.2) is 0 Å². The number of sulfonamides is 1. The maximum absolute atomic E-state index is 13.5. The summed E-state index contributed by atoms with van der Waals surface area (Å²) in [6, 6.07) is 8.47. The van der Waals surface area contributed by atoms with E-state index in [1.165, 1.54) is 28.6 Å². The SMILES string of the molecule is CCN(CC)S(=O)(=O)c1ccc(CNC(=O)Nc2ccccc2F)s1. The third kappa shape index (κ3) is 4.77. The first-order valence-electron chi connectivity index (χ1n) is 7.76. The van der Waals surface area contributed by atoms with Gasteiger partial charge < -0.3 is 10.6 Å². The Hall–Kier alpha value is -1.97. The molecule has 25 heavy (non-hydrogen) atoms. The van der Waals surface area contributed by atoms with Crippen molar-refractivity contribution in [2.75, 3.05) is 18.4 Å². The van der Waals surface area contributed by atoms with Gasteiger partial charge >= 0.3 is 6.03 Å². The molecule has 0 unspecified atom stereocenters. The van der Waals surface area contributed by atoms with Crippen LogP contribution in [0.2, 0.25) is 0 Å². The molecule has 9 heteroatoms. The smallest absolute Gasteiger partial charge is 0.319 e. The molecule has 2 rings (SSSR count). The molecule has 0 aliphatic heterocycles. The number of amides is 2. The van der Waals surface area contributed by atoms with E-state index in [1.807, 2.05) is 0 Å². The summed E-state index contributed by atoms with van der Waals surface area (Å²) >= 11 is 1.10. The van der Waals surface area contributed by atoms with Crippen molar-refractivity contribution in [3.8, 4) is 0 Å². The highest BCUT2D eigenvalue weighted by Crippen LogP contribution is 2.24. The molecule has 0 aliphatic carbocycles. The van der Waals surface area contributed by atoms with Crippen molar-refractivity contribution in [3.05, 3.63) is 47.1 Å². The number of para-hydroxylation sites is 1. The van der Waals surface area contributed by atoms with Crippen LogP contribution in [0.4, 0.5) is 14.9 Å². The quantitative estimate of drug-likeness (QED) is 0.768. The molecule has 136 valence electrons. The Morgan fingerprint density at radius 1 is 1.16 bits per heavy atom. The Morgan fingerprint density at radius 3 is 2.48 bits per heavy atom. The van der Waals surface area contributed by atoms with Crippen LogP contribution in [0.5, 0.6) is 0 Å². The summed E-state index contributed by atoms with van der Waals surface area (Å²) < 4.78 is 39.9. The number of rotatable bonds is 7. The van der Waals surface area contributed by atoms with Crippen LogP contribution >= 0.6 is 11.3 Å². The first-order chi connectivity index (χ1) is 11.9. The van der Waals surface area contributed by atoms with Gasteiger partial charge in [0.1, 0.15) is 10.0 Å². The first kappa shape index (κ1) is 19.4. The number of carbonyl (C=O) groups excluding carboxylic acids is 1. The van der Waals surface area contributed by atoms with Crippen LogP contribution in [0.15, 0.2) is 40.6 Å². The summed E-state index contributed by atoms with van der Waals surface area (Å²) in [5, 5.41) is 4.99. The van der Waals surface area contributed by atoms with Crippen molar-refractivity contribution in [2.24, 2.45) is 0 Å². The summed E-state index contributed by atoms with van der Waals surface area (Å²) in [6.07, 6.45) is 0. The predicted molar refractivity (Wildman–Crippen MR) is 96.7 cm³/mol. The van der Waals surface area contributed by atoms with Crippen LogP contribution in [-0.2, 0) is 16.6 Å². The van der Waals surface area contributed by atoms with Gasteiger partial charge in [0.2, 0.25) is 0 Å². The van der Waals surface area contributed by atoms with Crippen molar-refractivity contribution in [1.82, 2.24) is 9.62 Å². The Morgan fingerprint density at radius 2 is 1.84 bits per heavy atom. The van der Waals surface area contributed by atoms with Crippen molar-refractivity contribution in [2.45, 2.75) is 24.6 Å². The molecule has 0 aliphatic rings. The molecular weight excluding hydrogens is 365 g/mol. The second-order valence-electron chi connectivity index (χ2n) is 5.10. The van der Waals surface area contributed by atoms with E-state index in [-0.39, 0.29) is 16.4 Å². The van der Waals surface area contributed by atoms with E-state index in [9.17, 15) is 17.6 Å². The van der Waals surface area contributed by atoms with Crippen LogP contribution in [0.3, 0.4) is 0 Å². The molecule has 2 amide bonds. The Balaban J connectivity index is 1.98. The van der Waals surface area contributed by atoms with Crippen LogP contribution in [0.25, 0.3) is 0 Å². The molecule has 0 saturated heterocycles. The number of benzene rings is 1. The molecule has 0 radical (unpaired) electrons. The number of thiophene rings is 1. The molecule has 0 spiro atoms. The van der Waals surface area contributed by atoms with Crippen molar-refractivity contribution in [1.29, 1.82) is 0 Å². The minimum atomic E-state index is -3.50. The lowest BCUT2D eigenvalue weighted by Crippen LogP contribution is -2.30. The zero-order chi connectivity index (χ0) is 18.4. The van der Waals surface area contributed by atoms with Crippen LogP contribution < -0.4 is 10.6 Å². The molecule has 0 bridgehead atoms. The fourth-order valence-electron chi connectivity index (χ4n) is 2.18. The number of nitrogens with one attached hydrogen (secondary N) is 2. The number of nitrogens with zero attached hydrogens (tertiary/aromatic N) is 1. The first-order valence-corrected chi connectivity index (χ1v) is 10.0. The number of hydrogen-bond acceptors (Lipinski definition) is 4. The molecule has 6 nitrogen and oxygen atoms in total. The second-order valence-corrected chi connectivity index (χ2v) is 8.43. The van der Waals surface area contributed by atoms with Gasteiger partial charge in [-0.2, -0.15) is 4.31 Å². The number of urea groups is 1. The highest BCUT2D eigenvalue weighted by molar-refractivity contribution is 7.91. The van der Waals surface area contributed by atoms with Gasteiger partial charge in [-0.15, -0.1) is 11.3 Å². The Kier molecular flexibility index (Phi) is 6.51.